The largest absolute Gasteiger partial charge is 0.353 e. The maximum absolute atomic E-state index is 12.3. The van der Waals surface area contributed by atoms with Crippen LogP contribution in [0.3, 0.4) is 0 Å². The Bertz CT molecular complexity index is 931. The third kappa shape index (κ3) is 5.77. The van der Waals surface area contributed by atoms with Crippen LogP contribution in [0.4, 0.5) is 5.69 Å². The molecule has 0 saturated carbocycles. The Hall–Kier alpha value is -2.97. The van der Waals surface area contributed by atoms with Gasteiger partial charge in [0.2, 0.25) is 5.91 Å². The molecule has 1 aliphatic heterocycles. The van der Waals surface area contributed by atoms with Crippen molar-refractivity contribution in [2.24, 2.45) is 0 Å². The normalized spacial score (nSPS) is 14.8. The molecule has 2 N–H and O–H groups in total. The van der Waals surface area contributed by atoms with Crippen molar-refractivity contribution in [1.29, 1.82) is 0 Å². The first-order chi connectivity index (χ1) is 14.4. The van der Waals surface area contributed by atoms with E-state index in [9.17, 15) is 19.7 Å². The van der Waals surface area contributed by atoms with Crippen LogP contribution >= 0.6 is 11.6 Å². The van der Waals surface area contributed by atoms with Gasteiger partial charge in [-0.3, -0.25) is 24.6 Å². The van der Waals surface area contributed by atoms with Crippen LogP contribution in [0.2, 0.25) is 5.02 Å². The second kappa shape index (κ2) is 10.2. The summed E-state index contributed by atoms with van der Waals surface area (Å²) in [4.78, 5) is 37.1. The van der Waals surface area contributed by atoms with Crippen molar-refractivity contribution in [3.63, 3.8) is 0 Å². The van der Waals surface area contributed by atoms with Crippen molar-refractivity contribution < 1.29 is 14.5 Å². The van der Waals surface area contributed by atoms with Gasteiger partial charge in [0.1, 0.15) is 0 Å². The summed E-state index contributed by atoms with van der Waals surface area (Å²) in [5, 5.41) is 16.8. The highest BCUT2D eigenvalue weighted by Crippen LogP contribution is 2.26. The lowest BCUT2D eigenvalue weighted by molar-refractivity contribution is -0.384. The van der Waals surface area contributed by atoms with Gasteiger partial charge in [0.15, 0.2) is 0 Å². The quantitative estimate of drug-likeness (QED) is 0.495. The van der Waals surface area contributed by atoms with Gasteiger partial charge in [0.25, 0.3) is 11.6 Å². The van der Waals surface area contributed by atoms with E-state index in [0.717, 1.165) is 31.5 Å². The average molecular weight is 431 g/mol. The minimum atomic E-state index is -0.572. The first-order valence-electron chi connectivity index (χ1n) is 9.73. The van der Waals surface area contributed by atoms with Gasteiger partial charge in [-0.25, -0.2) is 0 Å². The van der Waals surface area contributed by atoms with E-state index in [-0.39, 0.29) is 29.7 Å². The molecule has 1 fully saturated rings. The fourth-order valence-corrected chi connectivity index (χ4v) is 3.72. The zero-order chi connectivity index (χ0) is 21.5. The van der Waals surface area contributed by atoms with Crippen LogP contribution in [-0.4, -0.2) is 47.8 Å². The minimum Gasteiger partial charge on any atom is -0.353 e. The van der Waals surface area contributed by atoms with Crippen LogP contribution in [0, 0.1) is 10.1 Å². The molecule has 8 nitrogen and oxygen atoms in total. The predicted molar refractivity (Wildman–Crippen MR) is 113 cm³/mol. The molecule has 0 bridgehead atoms. The molecule has 0 radical (unpaired) electrons. The van der Waals surface area contributed by atoms with E-state index in [4.69, 9.17) is 11.6 Å². The highest BCUT2D eigenvalue weighted by Gasteiger charge is 2.24. The first-order valence-corrected chi connectivity index (χ1v) is 10.1. The number of carbonyl (C=O) groups excluding carboxylic acids is 2. The summed E-state index contributed by atoms with van der Waals surface area (Å²) >= 11 is 6.14. The molecule has 2 amide bonds. The zero-order valence-electron chi connectivity index (χ0n) is 16.3. The van der Waals surface area contributed by atoms with Crippen molar-refractivity contribution in [1.82, 2.24) is 15.5 Å². The fraction of sp³-hybridized carbons (Fsp3) is 0.333. The van der Waals surface area contributed by atoms with Gasteiger partial charge in [0.05, 0.1) is 17.5 Å². The van der Waals surface area contributed by atoms with E-state index in [1.54, 1.807) is 0 Å². The molecule has 1 saturated heterocycles. The molecule has 158 valence electrons. The number of rotatable bonds is 8. The number of nitro benzene ring substituents is 1. The summed E-state index contributed by atoms with van der Waals surface area (Å²) in [6.45, 7) is 2.09. The van der Waals surface area contributed by atoms with E-state index < -0.39 is 10.8 Å². The lowest BCUT2D eigenvalue weighted by Gasteiger charge is -2.28. The number of amides is 2. The molecule has 0 aliphatic carbocycles. The van der Waals surface area contributed by atoms with Gasteiger partial charge in [-0.1, -0.05) is 29.8 Å². The summed E-state index contributed by atoms with van der Waals surface area (Å²) in [7, 11) is 0. The van der Waals surface area contributed by atoms with Gasteiger partial charge in [-0.15, -0.1) is 0 Å². The van der Waals surface area contributed by atoms with Crippen molar-refractivity contribution in [3.05, 3.63) is 74.8 Å². The maximum Gasteiger partial charge on any atom is 0.270 e. The second-order valence-electron chi connectivity index (χ2n) is 7.11. The molecule has 1 atom stereocenters. The van der Waals surface area contributed by atoms with E-state index in [1.165, 1.54) is 24.3 Å². The molecule has 2 aromatic rings. The van der Waals surface area contributed by atoms with Gasteiger partial charge >= 0.3 is 0 Å². The SMILES string of the molecule is O=C(CNC(=O)c1cccc([N+](=O)[O-])c1)NCC(c1cccc(Cl)c1)N1CCCC1. The molecule has 1 aliphatic rings. The lowest BCUT2D eigenvalue weighted by Crippen LogP contribution is -2.41. The number of hydrogen-bond donors (Lipinski definition) is 2. The Morgan fingerprint density at radius 3 is 2.53 bits per heavy atom. The monoisotopic (exact) mass is 430 g/mol. The number of benzene rings is 2. The molecule has 9 heteroatoms. The number of nitrogens with zero attached hydrogens (tertiary/aromatic N) is 2. The third-order valence-electron chi connectivity index (χ3n) is 5.04. The predicted octanol–water partition coefficient (Wildman–Crippen LogP) is 2.93. The number of carbonyl (C=O) groups is 2. The van der Waals surface area contributed by atoms with E-state index >= 15 is 0 Å². The Morgan fingerprint density at radius 1 is 1.10 bits per heavy atom. The van der Waals surface area contributed by atoms with Gasteiger partial charge in [-0.2, -0.15) is 0 Å². The molecule has 1 heterocycles. The van der Waals surface area contributed by atoms with Crippen LogP contribution in [0.15, 0.2) is 48.5 Å². The van der Waals surface area contributed by atoms with Crippen LogP contribution in [-0.2, 0) is 4.79 Å². The molecule has 3 rings (SSSR count). The molecule has 0 aromatic heterocycles. The lowest BCUT2D eigenvalue weighted by atomic mass is 10.1. The van der Waals surface area contributed by atoms with Crippen LogP contribution in [0.25, 0.3) is 0 Å². The highest BCUT2D eigenvalue weighted by atomic mass is 35.5. The molecule has 30 heavy (non-hydrogen) atoms. The zero-order valence-corrected chi connectivity index (χ0v) is 17.1. The van der Waals surface area contributed by atoms with Crippen LogP contribution in [0.1, 0.15) is 34.8 Å². The maximum atomic E-state index is 12.3. The van der Waals surface area contributed by atoms with Crippen molar-refractivity contribution in [3.8, 4) is 0 Å². The topological polar surface area (TPSA) is 105 Å². The first kappa shape index (κ1) is 21.7. The molecule has 1 unspecified atom stereocenters. The standard InChI is InChI=1S/C21H23ClN4O4/c22-17-7-3-5-15(11-17)19(25-9-1-2-10-25)13-23-20(27)14-24-21(28)16-6-4-8-18(12-16)26(29)30/h3-8,11-12,19H,1-2,9-10,13-14H2,(H,23,27)(H,24,28). The number of nitrogens with one attached hydrogen (secondary N) is 2. The number of hydrogen-bond acceptors (Lipinski definition) is 5. The molecule has 0 spiro atoms. The Kier molecular flexibility index (Phi) is 7.37. The van der Waals surface area contributed by atoms with Crippen LogP contribution < -0.4 is 10.6 Å². The van der Waals surface area contributed by atoms with Gasteiger partial charge in [0, 0.05) is 29.3 Å². The van der Waals surface area contributed by atoms with Gasteiger partial charge in [-0.05, 0) is 49.7 Å². The van der Waals surface area contributed by atoms with E-state index in [0.29, 0.717) is 11.6 Å². The third-order valence-corrected chi connectivity index (χ3v) is 5.27. The van der Waals surface area contributed by atoms with Crippen molar-refractivity contribution in [2.45, 2.75) is 18.9 Å². The summed E-state index contributed by atoms with van der Waals surface area (Å²) in [5.74, 6) is -0.875. The summed E-state index contributed by atoms with van der Waals surface area (Å²) in [6, 6.07) is 13.0. The molecular formula is C21H23ClN4O4. The Morgan fingerprint density at radius 2 is 1.83 bits per heavy atom. The van der Waals surface area contributed by atoms with E-state index in [2.05, 4.69) is 15.5 Å². The number of likely N-dealkylation sites (tertiary alicyclic amines) is 1. The molecule has 2 aromatic carbocycles. The van der Waals surface area contributed by atoms with Crippen molar-refractivity contribution >= 4 is 29.1 Å². The van der Waals surface area contributed by atoms with E-state index in [1.807, 2.05) is 24.3 Å². The number of halogens is 1. The second-order valence-corrected chi connectivity index (χ2v) is 7.54. The molecular weight excluding hydrogens is 408 g/mol. The van der Waals surface area contributed by atoms with Crippen molar-refractivity contribution in [2.75, 3.05) is 26.2 Å². The Labute approximate surface area is 179 Å². The van der Waals surface area contributed by atoms with Gasteiger partial charge < -0.3 is 10.6 Å². The summed E-state index contributed by atoms with van der Waals surface area (Å²) in [6.07, 6.45) is 2.23. The number of non-ortho nitro benzene ring substituents is 1. The Balaban J connectivity index is 1.56. The van der Waals surface area contributed by atoms with Crippen LogP contribution in [0.5, 0.6) is 0 Å². The summed E-state index contributed by atoms with van der Waals surface area (Å²) in [5.41, 5.74) is 0.985. The summed E-state index contributed by atoms with van der Waals surface area (Å²) < 4.78 is 0. The fourth-order valence-electron chi connectivity index (χ4n) is 3.52. The average Bonchev–Trinajstić information content (AvgIpc) is 3.27. The number of nitro groups is 1. The highest BCUT2D eigenvalue weighted by molar-refractivity contribution is 6.30. The minimum absolute atomic E-state index is 0.00243. The smallest absolute Gasteiger partial charge is 0.270 e.